The first kappa shape index (κ1) is 16.6. The Bertz CT molecular complexity index is 769. The van der Waals surface area contributed by atoms with E-state index in [9.17, 15) is 9.59 Å². The number of ether oxygens (including phenoxy) is 4. The van der Waals surface area contributed by atoms with Crippen molar-refractivity contribution < 1.29 is 28.5 Å². The van der Waals surface area contributed by atoms with E-state index in [0.717, 1.165) is 0 Å². The van der Waals surface area contributed by atoms with Crippen LogP contribution in [0.25, 0.3) is 0 Å². The second-order valence-corrected chi connectivity index (χ2v) is 6.18. The summed E-state index contributed by atoms with van der Waals surface area (Å²) in [6, 6.07) is 1.54. The number of carbonyl (C=O) groups is 2. The number of hydrogen-bond donors (Lipinski definition) is 0. The summed E-state index contributed by atoms with van der Waals surface area (Å²) in [4.78, 5) is 25.2. The number of rotatable bonds is 3. The highest BCUT2D eigenvalue weighted by molar-refractivity contribution is 6.35. The van der Waals surface area contributed by atoms with Crippen LogP contribution in [0.2, 0.25) is 5.02 Å². The molecule has 6 nitrogen and oxygen atoms in total. The van der Waals surface area contributed by atoms with Crippen molar-refractivity contribution in [3.63, 3.8) is 0 Å². The van der Waals surface area contributed by atoms with Crippen LogP contribution in [-0.2, 0) is 9.53 Å². The first-order valence-corrected chi connectivity index (χ1v) is 7.75. The molecule has 0 fully saturated rings. The van der Waals surface area contributed by atoms with Gasteiger partial charge in [0.25, 0.3) is 0 Å². The van der Waals surface area contributed by atoms with Crippen LogP contribution in [0, 0.1) is 5.92 Å². The molecule has 0 radical (unpaired) electrons. The van der Waals surface area contributed by atoms with Gasteiger partial charge in [-0.05, 0) is 0 Å². The van der Waals surface area contributed by atoms with Gasteiger partial charge in [-0.2, -0.15) is 0 Å². The molecule has 0 aromatic heterocycles. The van der Waals surface area contributed by atoms with E-state index >= 15 is 0 Å². The van der Waals surface area contributed by atoms with Crippen LogP contribution in [0.3, 0.4) is 0 Å². The minimum Gasteiger partial charge on any atom is -0.496 e. The van der Waals surface area contributed by atoms with Gasteiger partial charge in [-0.15, -0.1) is 0 Å². The van der Waals surface area contributed by atoms with Crippen LogP contribution >= 0.6 is 11.6 Å². The molecule has 0 bridgehead atoms. The molecule has 1 heterocycles. The zero-order valence-electron chi connectivity index (χ0n) is 13.8. The van der Waals surface area contributed by atoms with Crippen LogP contribution in [-0.4, -0.2) is 38.5 Å². The summed E-state index contributed by atoms with van der Waals surface area (Å²) < 4.78 is 21.6. The Morgan fingerprint density at radius 2 is 1.83 bits per heavy atom. The first-order chi connectivity index (χ1) is 11.4. The summed E-state index contributed by atoms with van der Waals surface area (Å²) >= 11 is 6.31. The van der Waals surface area contributed by atoms with Crippen molar-refractivity contribution in [1.82, 2.24) is 0 Å². The molecule has 0 amide bonds. The van der Waals surface area contributed by atoms with Crippen molar-refractivity contribution in [3.8, 4) is 17.2 Å². The zero-order chi connectivity index (χ0) is 17.6. The number of allylic oxidation sites excluding steroid dienone is 1. The summed E-state index contributed by atoms with van der Waals surface area (Å²) in [6.45, 7) is 1.73. The average Bonchev–Trinajstić information content (AvgIpc) is 2.85. The topological polar surface area (TPSA) is 71.1 Å². The highest BCUT2D eigenvalue weighted by Crippen LogP contribution is 2.52. The predicted octanol–water partition coefficient (Wildman–Crippen LogP) is 2.81. The Labute approximate surface area is 144 Å². The quantitative estimate of drug-likeness (QED) is 0.833. The number of Topliss-reactive ketones (excluding diaryl/α,β-unsaturated/α-hetero) is 2. The highest BCUT2D eigenvalue weighted by atomic mass is 35.5. The van der Waals surface area contributed by atoms with Crippen molar-refractivity contribution >= 4 is 23.2 Å². The number of halogens is 1. The summed E-state index contributed by atoms with van der Waals surface area (Å²) in [5.41, 5.74) is -1.08. The summed E-state index contributed by atoms with van der Waals surface area (Å²) in [5, 5.41) is 0.190. The normalized spacial score (nSPS) is 25.2. The average molecular weight is 353 g/mol. The lowest BCUT2D eigenvalue weighted by atomic mass is 9.79. The summed E-state index contributed by atoms with van der Waals surface area (Å²) in [5.74, 6) is 0.0647. The van der Waals surface area contributed by atoms with E-state index in [0.29, 0.717) is 11.5 Å². The van der Waals surface area contributed by atoms with Crippen molar-refractivity contribution in [2.24, 2.45) is 5.92 Å². The molecule has 128 valence electrons. The van der Waals surface area contributed by atoms with Gasteiger partial charge in [0.2, 0.25) is 5.78 Å². The van der Waals surface area contributed by atoms with Crippen molar-refractivity contribution in [2.75, 3.05) is 21.3 Å². The van der Waals surface area contributed by atoms with Gasteiger partial charge >= 0.3 is 0 Å². The third kappa shape index (κ3) is 2.17. The maximum atomic E-state index is 13.1. The summed E-state index contributed by atoms with van der Waals surface area (Å²) in [7, 11) is 4.30. The lowest BCUT2D eigenvalue weighted by molar-refractivity contribution is -0.123. The molecule has 2 aliphatic rings. The third-order valence-electron chi connectivity index (χ3n) is 4.37. The molecule has 24 heavy (non-hydrogen) atoms. The fraction of sp³-hybridized carbons (Fsp3) is 0.412. The maximum Gasteiger partial charge on any atom is 0.218 e. The van der Waals surface area contributed by atoms with Gasteiger partial charge in [0.15, 0.2) is 22.9 Å². The minimum atomic E-state index is -1.33. The molecule has 0 N–H and O–H groups in total. The Morgan fingerprint density at radius 3 is 2.42 bits per heavy atom. The van der Waals surface area contributed by atoms with Gasteiger partial charge in [-0.3, -0.25) is 9.59 Å². The van der Waals surface area contributed by atoms with E-state index in [-0.39, 0.29) is 40.1 Å². The first-order valence-electron chi connectivity index (χ1n) is 7.38. The molecule has 3 rings (SSSR count). The highest BCUT2D eigenvalue weighted by Gasteiger charge is 2.54. The minimum absolute atomic E-state index is 0.108. The van der Waals surface area contributed by atoms with Gasteiger partial charge < -0.3 is 18.9 Å². The molecule has 1 aromatic carbocycles. The van der Waals surface area contributed by atoms with Gasteiger partial charge in [-0.25, -0.2) is 0 Å². The van der Waals surface area contributed by atoms with Crippen LogP contribution < -0.4 is 14.2 Å². The summed E-state index contributed by atoms with van der Waals surface area (Å²) in [6.07, 6.45) is 1.63. The fourth-order valence-electron chi connectivity index (χ4n) is 3.17. The maximum absolute atomic E-state index is 13.1. The molecular formula is C17H17ClO6. The molecule has 2 unspecified atom stereocenters. The van der Waals surface area contributed by atoms with Crippen molar-refractivity contribution in [3.05, 3.63) is 28.5 Å². The Balaban J connectivity index is 2.20. The molecule has 1 spiro atoms. The van der Waals surface area contributed by atoms with E-state index in [1.165, 1.54) is 27.4 Å². The number of hydrogen-bond acceptors (Lipinski definition) is 6. The number of fused-ring (bicyclic) bond motifs is 1. The van der Waals surface area contributed by atoms with Crippen molar-refractivity contribution in [2.45, 2.75) is 18.9 Å². The Hall–Kier alpha value is -2.21. The van der Waals surface area contributed by atoms with E-state index in [1.807, 2.05) is 0 Å². The standard InChI is InChI=1S/C17H17ClO6/c1-8-6-17(7-11(23-4)14(8)19)16(20)12-9(21-2)5-10(22-3)13(18)15(12)24-17/h5,7-8H,6H2,1-4H3. The lowest BCUT2D eigenvalue weighted by Crippen LogP contribution is -2.45. The molecule has 1 aliphatic carbocycles. The SMILES string of the molecule is COC1=CC2(CC(C)C1=O)Oc1c(Cl)c(OC)cc(OC)c1C2=O. The fourth-order valence-corrected chi connectivity index (χ4v) is 3.43. The number of methoxy groups -OCH3 is 3. The van der Waals surface area contributed by atoms with E-state index in [2.05, 4.69) is 0 Å². The monoisotopic (exact) mass is 352 g/mol. The molecule has 2 atom stereocenters. The van der Waals surface area contributed by atoms with Gasteiger partial charge in [-0.1, -0.05) is 18.5 Å². The van der Waals surface area contributed by atoms with E-state index < -0.39 is 11.5 Å². The number of ketones is 2. The van der Waals surface area contributed by atoms with E-state index in [4.69, 9.17) is 30.5 Å². The van der Waals surface area contributed by atoms with Crippen LogP contribution in [0.1, 0.15) is 23.7 Å². The van der Waals surface area contributed by atoms with Crippen LogP contribution in [0.15, 0.2) is 17.9 Å². The Kier molecular flexibility index (Phi) is 3.95. The zero-order valence-corrected chi connectivity index (χ0v) is 14.5. The molecule has 1 aliphatic heterocycles. The smallest absolute Gasteiger partial charge is 0.218 e. The second kappa shape index (κ2) is 5.70. The predicted molar refractivity (Wildman–Crippen MR) is 86.1 cm³/mol. The molecule has 0 saturated carbocycles. The third-order valence-corrected chi connectivity index (χ3v) is 4.73. The number of carbonyl (C=O) groups excluding carboxylic acids is 2. The van der Waals surface area contributed by atoms with Crippen LogP contribution in [0.5, 0.6) is 17.2 Å². The largest absolute Gasteiger partial charge is 0.496 e. The number of benzene rings is 1. The second-order valence-electron chi connectivity index (χ2n) is 5.80. The Morgan fingerprint density at radius 1 is 1.17 bits per heavy atom. The lowest BCUT2D eigenvalue weighted by Gasteiger charge is -2.31. The molecule has 0 saturated heterocycles. The van der Waals surface area contributed by atoms with E-state index in [1.54, 1.807) is 13.0 Å². The molecule has 1 aromatic rings. The van der Waals surface area contributed by atoms with Crippen molar-refractivity contribution in [1.29, 1.82) is 0 Å². The van der Waals surface area contributed by atoms with Gasteiger partial charge in [0, 0.05) is 24.5 Å². The molecule has 7 heteroatoms. The van der Waals surface area contributed by atoms with Gasteiger partial charge in [0.1, 0.15) is 22.1 Å². The van der Waals surface area contributed by atoms with Crippen LogP contribution in [0.4, 0.5) is 0 Å². The van der Waals surface area contributed by atoms with Gasteiger partial charge in [0.05, 0.1) is 21.3 Å². The molecular weight excluding hydrogens is 336 g/mol.